The van der Waals surface area contributed by atoms with Crippen molar-refractivity contribution in [2.45, 2.75) is 6.42 Å². The topological polar surface area (TPSA) is 26.0 Å². The molecule has 0 aliphatic rings. The van der Waals surface area contributed by atoms with Crippen molar-refractivity contribution in [3.63, 3.8) is 0 Å². The van der Waals surface area contributed by atoms with Crippen molar-refractivity contribution in [2.75, 3.05) is 6.54 Å². The Morgan fingerprint density at radius 3 is 3.00 bits per heavy atom. The fourth-order valence-corrected chi connectivity index (χ4v) is 0.980. The van der Waals surface area contributed by atoms with Crippen molar-refractivity contribution >= 4 is 6.08 Å². The van der Waals surface area contributed by atoms with Gasteiger partial charge in [-0.15, -0.1) is 0 Å². The molecule has 1 heteroatoms. The largest absolute Gasteiger partial charge is 0.330 e. The Kier molecular flexibility index (Phi) is 3.81. The fourth-order valence-electron chi connectivity index (χ4n) is 0.980. The van der Waals surface area contributed by atoms with Crippen LogP contribution in [0.25, 0.3) is 6.08 Å². The number of benzene rings is 1. The molecule has 0 fully saturated rings. The van der Waals surface area contributed by atoms with E-state index in [1.54, 1.807) is 0 Å². The van der Waals surface area contributed by atoms with E-state index in [1.165, 1.54) is 0 Å². The molecule has 0 bridgehead atoms. The second kappa shape index (κ2) is 5.18. The molecular weight excluding hydrogens is 158 g/mol. The maximum atomic E-state index is 5.33. The molecule has 1 nitrogen and oxygen atoms in total. The Morgan fingerprint density at radius 2 is 2.31 bits per heavy atom. The van der Waals surface area contributed by atoms with Crippen molar-refractivity contribution in [3.8, 4) is 11.8 Å². The zero-order valence-corrected chi connectivity index (χ0v) is 7.59. The number of hydrogen-bond donors (Lipinski definition) is 1. The normalized spacial score (nSPS) is 8.69. The Morgan fingerprint density at radius 1 is 1.46 bits per heavy atom. The predicted molar refractivity (Wildman–Crippen MR) is 57.1 cm³/mol. The molecule has 0 saturated carbocycles. The minimum Gasteiger partial charge on any atom is -0.330 e. The van der Waals surface area contributed by atoms with E-state index < -0.39 is 0 Å². The molecule has 0 aliphatic carbocycles. The Hall–Kier alpha value is -1.52. The summed E-state index contributed by atoms with van der Waals surface area (Å²) in [6.07, 6.45) is 2.56. The van der Waals surface area contributed by atoms with E-state index >= 15 is 0 Å². The van der Waals surface area contributed by atoms with Crippen LogP contribution in [0.4, 0.5) is 0 Å². The van der Waals surface area contributed by atoms with Gasteiger partial charge in [-0.1, -0.05) is 36.6 Å². The smallest absolute Gasteiger partial charge is 0.0251 e. The van der Waals surface area contributed by atoms with Gasteiger partial charge in [-0.05, 0) is 17.7 Å². The van der Waals surface area contributed by atoms with E-state index in [1.807, 2.05) is 30.3 Å². The molecule has 0 heterocycles. The van der Waals surface area contributed by atoms with E-state index in [-0.39, 0.29) is 0 Å². The van der Waals surface area contributed by atoms with Gasteiger partial charge in [0.1, 0.15) is 0 Å². The molecule has 0 spiro atoms. The van der Waals surface area contributed by atoms with Crippen LogP contribution >= 0.6 is 0 Å². The van der Waals surface area contributed by atoms with Gasteiger partial charge in [0, 0.05) is 18.5 Å². The highest BCUT2D eigenvalue weighted by Gasteiger charge is 1.87. The average Bonchev–Trinajstić information content (AvgIpc) is 2.19. The van der Waals surface area contributed by atoms with Gasteiger partial charge in [-0.3, -0.25) is 0 Å². The summed E-state index contributed by atoms with van der Waals surface area (Å²) in [5, 5.41) is 0. The van der Waals surface area contributed by atoms with E-state index in [9.17, 15) is 0 Å². The SMILES string of the molecule is C=Cc1cccc(C#CCCN)c1. The third-order valence-electron chi connectivity index (χ3n) is 1.62. The highest BCUT2D eigenvalue weighted by Crippen LogP contribution is 2.04. The molecule has 0 aliphatic heterocycles. The van der Waals surface area contributed by atoms with Crippen LogP contribution in [0.15, 0.2) is 30.8 Å². The van der Waals surface area contributed by atoms with Crippen molar-refractivity contribution in [1.82, 2.24) is 0 Å². The highest BCUT2D eigenvalue weighted by atomic mass is 14.5. The molecule has 1 rings (SSSR count). The van der Waals surface area contributed by atoms with Gasteiger partial charge in [0.05, 0.1) is 0 Å². The lowest BCUT2D eigenvalue weighted by molar-refractivity contribution is 1.03. The first kappa shape index (κ1) is 9.57. The van der Waals surface area contributed by atoms with Gasteiger partial charge in [0.15, 0.2) is 0 Å². The van der Waals surface area contributed by atoms with Gasteiger partial charge < -0.3 is 5.73 Å². The minimum absolute atomic E-state index is 0.619. The van der Waals surface area contributed by atoms with Crippen LogP contribution in [-0.4, -0.2) is 6.54 Å². The van der Waals surface area contributed by atoms with Crippen molar-refractivity contribution < 1.29 is 0 Å². The second-order valence-electron chi connectivity index (χ2n) is 2.67. The third kappa shape index (κ3) is 3.14. The van der Waals surface area contributed by atoms with Crippen molar-refractivity contribution in [2.24, 2.45) is 5.73 Å². The minimum atomic E-state index is 0.619. The summed E-state index contributed by atoms with van der Waals surface area (Å²) in [6.45, 7) is 4.32. The van der Waals surface area contributed by atoms with Gasteiger partial charge in [0.2, 0.25) is 0 Å². The molecule has 2 N–H and O–H groups in total. The van der Waals surface area contributed by atoms with Crippen molar-refractivity contribution in [1.29, 1.82) is 0 Å². The Labute approximate surface area is 79.3 Å². The van der Waals surface area contributed by atoms with Gasteiger partial charge in [-0.2, -0.15) is 0 Å². The van der Waals surface area contributed by atoms with Gasteiger partial charge in [-0.25, -0.2) is 0 Å². The second-order valence-corrected chi connectivity index (χ2v) is 2.67. The Bertz CT molecular complexity index is 342. The first-order valence-electron chi connectivity index (χ1n) is 4.28. The summed E-state index contributed by atoms with van der Waals surface area (Å²) < 4.78 is 0. The molecule has 66 valence electrons. The first-order valence-corrected chi connectivity index (χ1v) is 4.28. The lowest BCUT2D eigenvalue weighted by Gasteiger charge is -1.92. The van der Waals surface area contributed by atoms with Crippen LogP contribution in [0.5, 0.6) is 0 Å². The van der Waals surface area contributed by atoms with Crippen molar-refractivity contribution in [3.05, 3.63) is 42.0 Å². The lowest BCUT2D eigenvalue weighted by Crippen LogP contribution is -1.95. The fraction of sp³-hybridized carbons (Fsp3) is 0.167. The zero-order valence-electron chi connectivity index (χ0n) is 7.59. The third-order valence-corrected chi connectivity index (χ3v) is 1.62. The molecular formula is C12H13N. The predicted octanol–water partition coefficient (Wildman–Crippen LogP) is 2.03. The Balaban J connectivity index is 2.79. The number of hydrogen-bond acceptors (Lipinski definition) is 1. The quantitative estimate of drug-likeness (QED) is 0.677. The maximum Gasteiger partial charge on any atom is 0.0251 e. The van der Waals surface area contributed by atoms with E-state index in [2.05, 4.69) is 18.4 Å². The molecule has 0 saturated heterocycles. The first-order chi connectivity index (χ1) is 6.36. The molecule has 0 radical (unpaired) electrons. The van der Waals surface area contributed by atoms with Gasteiger partial charge in [0.25, 0.3) is 0 Å². The number of rotatable bonds is 2. The lowest BCUT2D eigenvalue weighted by atomic mass is 10.1. The standard InChI is InChI=1S/C12H13N/c1-2-11-7-5-8-12(10-11)6-3-4-9-13/h2,5,7-8,10H,1,4,9,13H2. The molecule has 0 amide bonds. The molecule has 1 aromatic carbocycles. The number of nitrogens with two attached hydrogens (primary N) is 1. The molecule has 0 aromatic heterocycles. The molecule has 0 unspecified atom stereocenters. The summed E-state index contributed by atoms with van der Waals surface area (Å²) >= 11 is 0. The van der Waals surface area contributed by atoms with Crippen LogP contribution in [0.3, 0.4) is 0 Å². The van der Waals surface area contributed by atoms with E-state index in [0.717, 1.165) is 17.5 Å². The van der Waals surface area contributed by atoms with Gasteiger partial charge >= 0.3 is 0 Å². The summed E-state index contributed by atoms with van der Waals surface area (Å²) in [4.78, 5) is 0. The van der Waals surface area contributed by atoms with Crippen LogP contribution in [-0.2, 0) is 0 Å². The van der Waals surface area contributed by atoms with E-state index in [0.29, 0.717) is 6.54 Å². The van der Waals surface area contributed by atoms with Crippen LogP contribution in [0.2, 0.25) is 0 Å². The summed E-state index contributed by atoms with van der Waals surface area (Å²) in [5.41, 5.74) is 7.45. The monoisotopic (exact) mass is 171 g/mol. The van der Waals surface area contributed by atoms with Crippen LogP contribution in [0, 0.1) is 11.8 Å². The molecule has 13 heavy (non-hydrogen) atoms. The zero-order chi connectivity index (χ0) is 9.52. The molecule has 0 atom stereocenters. The highest BCUT2D eigenvalue weighted by molar-refractivity contribution is 5.51. The average molecular weight is 171 g/mol. The summed E-state index contributed by atoms with van der Waals surface area (Å²) in [6, 6.07) is 7.97. The van der Waals surface area contributed by atoms with E-state index in [4.69, 9.17) is 5.73 Å². The molecule has 1 aromatic rings. The summed E-state index contributed by atoms with van der Waals surface area (Å²) in [5.74, 6) is 6.04. The van der Waals surface area contributed by atoms with Crippen LogP contribution < -0.4 is 5.73 Å². The van der Waals surface area contributed by atoms with Crippen LogP contribution in [0.1, 0.15) is 17.5 Å². The maximum absolute atomic E-state index is 5.33. The summed E-state index contributed by atoms with van der Waals surface area (Å²) in [7, 11) is 0.